The normalized spacial score (nSPS) is 12.6. The zero-order valence-corrected chi connectivity index (χ0v) is 19.7. The zero-order valence-electron chi connectivity index (χ0n) is 19.7. The summed E-state index contributed by atoms with van der Waals surface area (Å²) in [6.07, 6.45) is 0. The average molecular weight is 399 g/mol. The molecule has 0 bridgehead atoms. The van der Waals surface area contributed by atoms with E-state index in [1.165, 1.54) is 44.2 Å². The summed E-state index contributed by atoms with van der Waals surface area (Å²) >= 11 is 0. The van der Waals surface area contributed by atoms with E-state index in [0.29, 0.717) is 11.8 Å². The minimum absolute atomic E-state index is 0.0371. The van der Waals surface area contributed by atoms with Crippen LogP contribution in [0.15, 0.2) is 52.9 Å². The molecule has 0 N–H and O–H groups in total. The van der Waals surface area contributed by atoms with E-state index < -0.39 is 0 Å². The molecular formula is C29H34O. The van der Waals surface area contributed by atoms with E-state index in [-0.39, 0.29) is 5.41 Å². The monoisotopic (exact) mass is 398 g/mol. The lowest BCUT2D eigenvalue weighted by molar-refractivity contribution is 0.569. The highest BCUT2D eigenvalue weighted by Gasteiger charge is 2.23. The smallest absolute Gasteiger partial charge is 0.139 e. The predicted octanol–water partition coefficient (Wildman–Crippen LogP) is 9.11. The maximum Gasteiger partial charge on any atom is 0.139 e. The highest BCUT2D eigenvalue weighted by Crippen LogP contribution is 2.41. The van der Waals surface area contributed by atoms with E-state index >= 15 is 0 Å². The fourth-order valence-corrected chi connectivity index (χ4v) is 4.91. The van der Waals surface area contributed by atoms with Gasteiger partial charge in [0.2, 0.25) is 0 Å². The predicted molar refractivity (Wildman–Crippen MR) is 131 cm³/mol. The van der Waals surface area contributed by atoms with Gasteiger partial charge in [-0.25, -0.2) is 0 Å². The third-order valence-electron chi connectivity index (χ3n) is 6.26. The fourth-order valence-electron chi connectivity index (χ4n) is 4.91. The van der Waals surface area contributed by atoms with Gasteiger partial charge in [-0.1, -0.05) is 84.9 Å². The molecule has 0 unspecified atom stereocenters. The Hall–Kier alpha value is -2.54. The molecule has 0 spiro atoms. The Morgan fingerprint density at radius 3 is 1.93 bits per heavy atom. The molecule has 1 heteroatoms. The molecule has 0 aliphatic carbocycles. The maximum atomic E-state index is 6.55. The first-order valence-corrected chi connectivity index (χ1v) is 11.2. The topological polar surface area (TPSA) is 13.1 Å². The fraction of sp³-hybridized carbons (Fsp3) is 0.379. The van der Waals surface area contributed by atoms with Crippen molar-refractivity contribution in [3.63, 3.8) is 0 Å². The quantitative estimate of drug-likeness (QED) is 0.335. The number of hydrogen-bond acceptors (Lipinski definition) is 1. The van der Waals surface area contributed by atoms with Crippen LogP contribution >= 0.6 is 0 Å². The Bertz CT molecular complexity index is 1200. The number of hydrogen-bond donors (Lipinski definition) is 0. The number of furan rings is 1. The first kappa shape index (κ1) is 20.7. The highest BCUT2D eigenvalue weighted by atomic mass is 16.3. The van der Waals surface area contributed by atoms with E-state index in [4.69, 9.17) is 4.42 Å². The van der Waals surface area contributed by atoms with Crippen LogP contribution in [0, 0.1) is 6.92 Å². The van der Waals surface area contributed by atoms with Crippen molar-refractivity contribution in [2.45, 2.75) is 72.6 Å². The van der Waals surface area contributed by atoms with Crippen LogP contribution in [0.3, 0.4) is 0 Å². The summed E-state index contributed by atoms with van der Waals surface area (Å²) in [5.74, 6) is 0.945. The summed E-state index contributed by atoms with van der Waals surface area (Å²) in [5, 5.41) is 2.42. The largest absolute Gasteiger partial charge is 0.456 e. The summed E-state index contributed by atoms with van der Waals surface area (Å²) in [6, 6.07) is 18.0. The summed E-state index contributed by atoms with van der Waals surface area (Å²) in [7, 11) is 0. The lowest BCUT2D eigenvalue weighted by atomic mass is 9.83. The molecule has 1 nitrogen and oxygen atoms in total. The van der Waals surface area contributed by atoms with Gasteiger partial charge in [0.1, 0.15) is 11.2 Å². The van der Waals surface area contributed by atoms with Gasteiger partial charge in [-0.15, -0.1) is 0 Å². The summed E-state index contributed by atoms with van der Waals surface area (Å²) in [6.45, 7) is 18.1. The Morgan fingerprint density at radius 2 is 1.37 bits per heavy atom. The second kappa shape index (κ2) is 7.30. The molecule has 1 heterocycles. The minimum Gasteiger partial charge on any atom is -0.456 e. The van der Waals surface area contributed by atoms with Gasteiger partial charge in [0.15, 0.2) is 0 Å². The van der Waals surface area contributed by atoms with Crippen molar-refractivity contribution in [3.05, 3.63) is 70.8 Å². The molecule has 0 saturated carbocycles. The molecule has 0 amide bonds. The molecule has 1 aromatic heterocycles. The van der Waals surface area contributed by atoms with E-state index in [9.17, 15) is 0 Å². The van der Waals surface area contributed by atoms with Crippen molar-refractivity contribution in [1.29, 1.82) is 0 Å². The third-order valence-corrected chi connectivity index (χ3v) is 6.26. The van der Waals surface area contributed by atoms with Gasteiger partial charge in [0, 0.05) is 16.3 Å². The molecule has 156 valence electrons. The summed E-state index contributed by atoms with van der Waals surface area (Å²) in [4.78, 5) is 0. The van der Waals surface area contributed by atoms with Gasteiger partial charge in [0.05, 0.1) is 0 Å². The Balaban J connectivity index is 2.02. The second-order valence-corrected chi connectivity index (χ2v) is 10.3. The number of benzene rings is 3. The molecule has 0 saturated heterocycles. The van der Waals surface area contributed by atoms with Gasteiger partial charge >= 0.3 is 0 Å². The van der Waals surface area contributed by atoms with Crippen molar-refractivity contribution in [1.82, 2.24) is 0 Å². The molecule has 4 aromatic rings. The maximum absolute atomic E-state index is 6.55. The number of rotatable bonds is 3. The number of fused-ring (bicyclic) bond motifs is 3. The summed E-state index contributed by atoms with van der Waals surface area (Å²) < 4.78 is 6.55. The van der Waals surface area contributed by atoms with E-state index in [0.717, 1.165) is 11.2 Å². The Kier molecular flexibility index (Phi) is 5.04. The van der Waals surface area contributed by atoms with Crippen LogP contribution in [0.2, 0.25) is 0 Å². The molecule has 30 heavy (non-hydrogen) atoms. The Labute approximate surface area is 181 Å². The first-order chi connectivity index (χ1) is 14.1. The second-order valence-electron chi connectivity index (χ2n) is 10.3. The van der Waals surface area contributed by atoms with Gasteiger partial charge in [-0.05, 0) is 64.1 Å². The molecule has 0 radical (unpaired) electrons. The SMILES string of the molecule is Cc1ccc2c(oc3cc(-c4c(C(C)C)cccc4C(C)C)ccc32)c1C(C)(C)C. The Morgan fingerprint density at radius 1 is 0.767 bits per heavy atom. The average Bonchev–Trinajstić information content (AvgIpc) is 3.03. The first-order valence-electron chi connectivity index (χ1n) is 11.2. The molecular weight excluding hydrogens is 364 g/mol. The van der Waals surface area contributed by atoms with Crippen molar-refractivity contribution < 1.29 is 4.42 Å². The van der Waals surface area contributed by atoms with Crippen molar-refractivity contribution in [2.24, 2.45) is 0 Å². The van der Waals surface area contributed by atoms with Crippen molar-refractivity contribution >= 4 is 21.9 Å². The van der Waals surface area contributed by atoms with Crippen LogP contribution in [-0.4, -0.2) is 0 Å². The van der Waals surface area contributed by atoms with Gasteiger partial charge < -0.3 is 4.42 Å². The van der Waals surface area contributed by atoms with E-state index in [2.05, 4.69) is 104 Å². The van der Waals surface area contributed by atoms with E-state index in [1.54, 1.807) is 0 Å². The molecule has 0 aliphatic rings. The minimum atomic E-state index is 0.0371. The molecule has 4 rings (SSSR count). The van der Waals surface area contributed by atoms with Crippen molar-refractivity contribution in [3.8, 4) is 11.1 Å². The molecule has 0 fully saturated rings. The van der Waals surface area contributed by atoms with Gasteiger partial charge in [-0.3, -0.25) is 0 Å². The van der Waals surface area contributed by atoms with Crippen LogP contribution < -0.4 is 0 Å². The lowest BCUT2D eigenvalue weighted by Gasteiger charge is -2.21. The lowest BCUT2D eigenvalue weighted by Crippen LogP contribution is -2.13. The van der Waals surface area contributed by atoms with Crippen molar-refractivity contribution in [2.75, 3.05) is 0 Å². The van der Waals surface area contributed by atoms with Crippen LogP contribution in [-0.2, 0) is 5.41 Å². The molecule has 0 aliphatic heterocycles. The van der Waals surface area contributed by atoms with Crippen LogP contribution in [0.4, 0.5) is 0 Å². The standard InChI is InChI=1S/C29H34O/c1-17(2)21-10-9-11-22(18(3)4)26(21)20-13-15-23-24-14-12-19(5)27(29(6,7)8)28(24)30-25(23)16-20/h9-18H,1-8H3. The number of aryl methyl sites for hydroxylation is 1. The molecule has 3 aromatic carbocycles. The van der Waals surface area contributed by atoms with Crippen LogP contribution in [0.5, 0.6) is 0 Å². The van der Waals surface area contributed by atoms with E-state index in [1.807, 2.05) is 0 Å². The van der Waals surface area contributed by atoms with Gasteiger partial charge in [0.25, 0.3) is 0 Å². The zero-order chi connectivity index (χ0) is 21.8. The van der Waals surface area contributed by atoms with Crippen LogP contribution in [0.25, 0.3) is 33.1 Å². The summed E-state index contributed by atoms with van der Waals surface area (Å²) in [5.41, 5.74) is 10.1. The van der Waals surface area contributed by atoms with Gasteiger partial charge in [-0.2, -0.15) is 0 Å². The molecule has 0 atom stereocenters. The third kappa shape index (κ3) is 3.35. The highest BCUT2D eigenvalue weighted by molar-refractivity contribution is 6.07. The van der Waals surface area contributed by atoms with Crippen LogP contribution in [0.1, 0.15) is 82.6 Å².